The molecule has 0 amide bonds. The van der Waals surface area contributed by atoms with Gasteiger partial charge in [-0.1, -0.05) is 0 Å². The van der Waals surface area contributed by atoms with E-state index in [9.17, 15) is 8.42 Å². The maximum Gasteiger partial charge on any atom is 0.241 e. The second-order valence-corrected chi connectivity index (χ2v) is 6.33. The Kier molecular flexibility index (Phi) is 4.12. The van der Waals surface area contributed by atoms with Crippen LogP contribution in [0.25, 0.3) is 0 Å². The Labute approximate surface area is 109 Å². The summed E-state index contributed by atoms with van der Waals surface area (Å²) >= 11 is 1.22. The minimum Gasteiger partial charge on any atom is -0.391 e. The summed E-state index contributed by atoms with van der Waals surface area (Å²) in [5.41, 5.74) is 0.866. The Morgan fingerprint density at radius 1 is 1.50 bits per heavy atom. The van der Waals surface area contributed by atoms with Crippen LogP contribution in [0.1, 0.15) is 10.6 Å². The smallest absolute Gasteiger partial charge is 0.241 e. The van der Waals surface area contributed by atoms with Crippen LogP contribution in [0.5, 0.6) is 0 Å². The molecule has 0 saturated heterocycles. The Hall–Kier alpha value is -1.22. The van der Waals surface area contributed by atoms with Gasteiger partial charge >= 0.3 is 0 Å². The SMILES string of the molecule is O=S(=O)(NCCc1cnc[nH]1)c1ccsc1CO. The number of rotatable bonds is 6. The summed E-state index contributed by atoms with van der Waals surface area (Å²) in [5.74, 6) is 0. The average Bonchev–Trinajstić information content (AvgIpc) is 2.99. The summed E-state index contributed by atoms with van der Waals surface area (Å²) in [6.07, 6.45) is 3.74. The van der Waals surface area contributed by atoms with Gasteiger partial charge in [0.15, 0.2) is 0 Å². The molecule has 0 radical (unpaired) electrons. The molecule has 2 heterocycles. The van der Waals surface area contributed by atoms with Crippen molar-refractivity contribution in [3.05, 3.63) is 34.5 Å². The summed E-state index contributed by atoms with van der Waals surface area (Å²) < 4.78 is 26.4. The van der Waals surface area contributed by atoms with Crippen molar-refractivity contribution in [2.24, 2.45) is 0 Å². The quantitative estimate of drug-likeness (QED) is 0.720. The van der Waals surface area contributed by atoms with E-state index in [4.69, 9.17) is 5.11 Å². The average molecular weight is 287 g/mol. The monoisotopic (exact) mass is 287 g/mol. The van der Waals surface area contributed by atoms with Crippen LogP contribution in [-0.2, 0) is 23.1 Å². The lowest BCUT2D eigenvalue weighted by Gasteiger charge is -2.05. The Morgan fingerprint density at radius 2 is 2.33 bits per heavy atom. The van der Waals surface area contributed by atoms with Crippen LogP contribution in [0.4, 0.5) is 0 Å². The number of aromatic amines is 1. The molecule has 0 aromatic carbocycles. The molecule has 0 fully saturated rings. The second kappa shape index (κ2) is 5.61. The number of hydrogen-bond donors (Lipinski definition) is 3. The molecule has 8 heteroatoms. The summed E-state index contributed by atoms with van der Waals surface area (Å²) in [4.78, 5) is 7.35. The Bertz CT molecular complexity index is 590. The zero-order valence-electron chi connectivity index (χ0n) is 9.46. The normalized spacial score (nSPS) is 11.8. The van der Waals surface area contributed by atoms with Gasteiger partial charge < -0.3 is 10.1 Å². The second-order valence-electron chi connectivity index (χ2n) is 3.59. The van der Waals surface area contributed by atoms with E-state index in [1.807, 2.05) is 0 Å². The van der Waals surface area contributed by atoms with Gasteiger partial charge in [0.05, 0.1) is 17.8 Å². The molecule has 0 spiro atoms. The van der Waals surface area contributed by atoms with Crippen LogP contribution >= 0.6 is 11.3 Å². The number of hydrogen-bond acceptors (Lipinski definition) is 5. The molecule has 2 aromatic rings. The first-order chi connectivity index (χ1) is 8.63. The van der Waals surface area contributed by atoms with E-state index in [1.54, 1.807) is 17.9 Å². The molecular formula is C10H13N3O3S2. The van der Waals surface area contributed by atoms with E-state index in [0.717, 1.165) is 5.69 Å². The number of aliphatic hydroxyl groups is 1. The largest absolute Gasteiger partial charge is 0.391 e. The maximum absolute atomic E-state index is 12.0. The van der Waals surface area contributed by atoms with Crippen molar-refractivity contribution < 1.29 is 13.5 Å². The summed E-state index contributed by atoms with van der Waals surface area (Å²) in [7, 11) is -3.55. The van der Waals surface area contributed by atoms with Gasteiger partial charge in [0.25, 0.3) is 0 Å². The maximum atomic E-state index is 12.0. The van der Waals surface area contributed by atoms with Crippen molar-refractivity contribution in [3.63, 3.8) is 0 Å². The first kappa shape index (κ1) is 13.2. The van der Waals surface area contributed by atoms with Crippen LogP contribution in [0, 0.1) is 0 Å². The van der Waals surface area contributed by atoms with Gasteiger partial charge in [-0.15, -0.1) is 11.3 Å². The lowest BCUT2D eigenvalue weighted by Crippen LogP contribution is -2.26. The third-order valence-electron chi connectivity index (χ3n) is 2.38. The van der Waals surface area contributed by atoms with Crippen molar-refractivity contribution in [1.82, 2.24) is 14.7 Å². The molecule has 0 bridgehead atoms. The van der Waals surface area contributed by atoms with E-state index in [-0.39, 0.29) is 18.0 Å². The highest BCUT2D eigenvalue weighted by Gasteiger charge is 2.18. The molecule has 18 heavy (non-hydrogen) atoms. The Balaban J connectivity index is 1.99. The topological polar surface area (TPSA) is 95.1 Å². The number of imidazole rings is 1. The van der Waals surface area contributed by atoms with Crippen molar-refractivity contribution in [2.75, 3.05) is 6.54 Å². The standard InChI is InChI=1S/C10H13N3O3S2/c14-6-9-10(2-4-17-9)18(15,16)13-3-1-8-5-11-7-12-8/h2,4-5,7,13-14H,1,3,6H2,(H,11,12). The zero-order chi connectivity index (χ0) is 13.0. The van der Waals surface area contributed by atoms with Crippen LogP contribution < -0.4 is 4.72 Å². The van der Waals surface area contributed by atoms with Crippen LogP contribution in [0.15, 0.2) is 28.9 Å². The van der Waals surface area contributed by atoms with E-state index < -0.39 is 10.0 Å². The van der Waals surface area contributed by atoms with Gasteiger partial charge in [-0.25, -0.2) is 18.1 Å². The first-order valence-electron chi connectivity index (χ1n) is 5.27. The number of thiophene rings is 1. The van der Waals surface area contributed by atoms with Gasteiger partial charge in [-0.2, -0.15) is 0 Å². The number of sulfonamides is 1. The van der Waals surface area contributed by atoms with Crippen molar-refractivity contribution in [2.45, 2.75) is 17.9 Å². The lowest BCUT2D eigenvalue weighted by molar-refractivity contribution is 0.282. The molecule has 2 aromatic heterocycles. The van der Waals surface area contributed by atoms with Gasteiger partial charge in [0, 0.05) is 29.7 Å². The van der Waals surface area contributed by atoms with Crippen LogP contribution in [-0.4, -0.2) is 30.0 Å². The van der Waals surface area contributed by atoms with E-state index >= 15 is 0 Å². The van der Waals surface area contributed by atoms with Crippen molar-refractivity contribution >= 4 is 21.4 Å². The predicted octanol–water partition coefficient (Wildman–Crippen LogP) is 0.484. The molecule has 0 aliphatic rings. The summed E-state index contributed by atoms with van der Waals surface area (Å²) in [6, 6.07) is 1.49. The third kappa shape index (κ3) is 2.96. The summed E-state index contributed by atoms with van der Waals surface area (Å²) in [5, 5.41) is 10.7. The fourth-order valence-corrected chi connectivity index (χ4v) is 3.83. The number of H-pyrrole nitrogens is 1. The third-order valence-corrected chi connectivity index (χ3v) is 4.96. The molecule has 0 aliphatic heterocycles. The predicted molar refractivity (Wildman–Crippen MR) is 67.7 cm³/mol. The van der Waals surface area contributed by atoms with E-state index in [1.165, 1.54) is 17.4 Å². The minimum atomic E-state index is -3.55. The van der Waals surface area contributed by atoms with Gasteiger partial charge in [0.1, 0.15) is 0 Å². The molecule has 2 rings (SSSR count). The Morgan fingerprint density at radius 3 is 3.00 bits per heavy atom. The molecule has 0 saturated carbocycles. The number of aliphatic hydroxyl groups excluding tert-OH is 1. The van der Waals surface area contributed by atoms with Gasteiger partial charge in [-0.3, -0.25) is 0 Å². The van der Waals surface area contributed by atoms with Gasteiger partial charge in [-0.05, 0) is 11.4 Å². The molecule has 0 aliphatic carbocycles. The number of aromatic nitrogens is 2. The lowest BCUT2D eigenvalue weighted by atomic mass is 10.3. The van der Waals surface area contributed by atoms with Gasteiger partial charge in [0.2, 0.25) is 10.0 Å². The summed E-state index contributed by atoms with van der Waals surface area (Å²) in [6.45, 7) is 0.0136. The minimum absolute atomic E-state index is 0.152. The highest BCUT2D eigenvalue weighted by molar-refractivity contribution is 7.89. The van der Waals surface area contributed by atoms with E-state index in [2.05, 4.69) is 14.7 Å². The van der Waals surface area contributed by atoms with Crippen molar-refractivity contribution in [1.29, 1.82) is 0 Å². The molecule has 0 unspecified atom stereocenters. The molecule has 98 valence electrons. The highest BCUT2D eigenvalue weighted by Crippen LogP contribution is 2.21. The fraction of sp³-hybridized carbons (Fsp3) is 0.300. The fourth-order valence-electron chi connectivity index (χ4n) is 1.50. The number of nitrogens with one attached hydrogen (secondary N) is 2. The number of nitrogens with zero attached hydrogens (tertiary/aromatic N) is 1. The first-order valence-corrected chi connectivity index (χ1v) is 7.64. The van der Waals surface area contributed by atoms with Crippen LogP contribution in [0.3, 0.4) is 0 Å². The molecule has 3 N–H and O–H groups in total. The molecular weight excluding hydrogens is 274 g/mol. The highest BCUT2D eigenvalue weighted by atomic mass is 32.2. The van der Waals surface area contributed by atoms with Crippen LogP contribution in [0.2, 0.25) is 0 Å². The van der Waals surface area contributed by atoms with E-state index in [0.29, 0.717) is 11.3 Å². The molecule has 6 nitrogen and oxygen atoms in total. The zero-order valence-corrected chi connectivity index (χ0v) is 11.1. The van der Waals surface area contributed by atoms with Crippen molar-refractivity contribution in [3.8, 4) is 0 Å². The molecule has 0 atom stereocenters.